The van der Waals surface area contributed by atoms with Crippen molar-refractivity contribution < 1.29 is 24.6 Å². The molecule has 36 heavy (non-hydrogen) atoms. The number of oxime groups is 1. The van der Waals surface area contributed by atoms with Crippen LogP contribution in [-0.4, -0.2) is 75.6 Å². The number of carbonyl (C=O) groups is 2. The van der Waals surface area contributed by atoms with Crippen molar-refractivity contribution in [1.29, 1.82) is 0 Å². The van der Waals surface area contributed by atoms with E-state index in [1.54, 1.807) is 6.92 Å². The van der Waals surface area contributed by atoms with E-state index < -0.39 is 30.0 Å². The maximum Gasteiger partial charge on any atom is 0.233 e. The Hall–Kier alpha value is -2.52. The Balaban J connectivity index is 1.31. The van der Waals surface area contributed by atoms with E-state index in [9.17, 15) is 19.8 Å². The van der Waals surface area contributed by atoms with Gasteiger partial charge in [-0.2, -0.15) is 0 Å². The quantitative estimate of drug-likeness (QED) is 0.471. The van der Waals surface area contributed by atoms with Crippen molar-refractivity contribution >= 4 is 23.2 Å². The van der Waals surface area contributed by atoms with E-state index in [0.717, 1.165) is 36.5 Å². The van der Waals surface area contributed by atoms with E-state index >= 15 is 0 Å². The number of pyridine rings is 1. The standard InChI is InChI=1S/C27H38N4O5/c1-5-31-26(34)18-9-8-17-20(12-22(32)25(33)23(17)24(18)27(31)35)29-36-15(3)13-30-10-6-7-19-21(30)11-14(2)16(4)28-19/h11,15,17-18,22-25,32-33H,5-10,12-13H2,1-4H3/t15?,17-,18+,22+,23-,24+,25+/m0/s1. The van der Waals surface area contributed by atoms with Crippen LogP contribution in [0.5, 0.6) is 0 Å². The molecule has 0 aromatic carbocycles. The molecule has 1 aromatic rings. The van der Waals surface area contributed by atoms with Crippen molar-refractivity contribution in [2.45, 2.75) is 78.1 Å². The highest BCUT2D eigenvalue weighted by molar-refractivity contribution is 6.06. The van der Waals surface area contributed by atoms with Gasteiger partial charge in [-0.1, -0.05) is 5.16 Å². The van der Waals surface area contributed by atoms with Gasteiger partial charge >= 0.3 is 0 Å². The Labute approximate surface area is 212 Å². The van der Waals surface area contributed by atoms with Crippen LogP contribution in [0.25, 0.3) is 0 Å². The lowest BCUT2D eigenvalue weighted by Crippen LogP contribution is -2.54. The number of hydrogen-bond acceptors (Lipinski definition) is 8. The molecule has 5 rings (SSSR count). The zero-order chi connectivity index (χ0) is 25.7. The lowest BCUT2D eigenvalue weighted by atomic mass is 9.60. The zero-order valence-electron chi connectivity index (χ0n) is 21.7. The van der Waals surface area contributed by atoms with Crippen LogP contribution in [0.3, 0.4) is 0 Å². The molecular weight excluding hydrogens is 460 g/mol. The monoisotopic (exact) mass is 498 g/mol. The van der Waals surface area contributed by atoms with Crippen LogP contribution in [-0.2, 0) is 20.8 Å². The first kappa shape index (κ1) is 25.1. The summed E-state index contributed by atoms with van der Waals surface area (Å²) in [7, 11) is 0. The lowest BCUT2D eigenvalue weighted by Gasteiger charge is -2.45. The Bertz CT molecular complexity index is 1070. The molecule has 0 radical (unpaired) electrons. The summed E-state index contributed by atoms with van der Waals surface area (Å²) in [6, 6.07) is 2.21. The molecule has 2 aliphatic heterocycles. The van der Waals surface area contributed by atoms with E-state index in [-0.39, 0.29) is 30.3 Å². The van der Waals surface area contributed by atoms with Gasteiger partial charge in [-0.25, -0.2) is 0 Å². The number of hydrogen-bond donors (Lipinski definition) is 2. The van der Waals surface area contributed by atoms with Gasteiger partial charge in [-0.3, -0.25) is 19.5 Å². The largest absolute Gasteiger partial charge is 0.391 e. The van der Waals surface area contributed by atoms with Crippen molar-refractivity contribution in [2.75, 3.05) is 24.5 Å². The zero-order valence-corrected chi connectivity index (χ0v) is 21.7. The van der Waals surface area contributed by atoms with Crippen LogP contribution in [0.4, 0.5) is 5.69 Å². The Morgan fingerprint density at radius 2 is 1.94 bits per heavy atom. The second kappa shape index (κ2) is 9.74. The molecule has 1 saturated heterocycles. The number of fused-ring (bicyclic) bond motifs is 4. The number of aryl methyl sites for hydroxylation is 3. The van der Waals surface area contributed by atoms with Crippen molar-refractivity contribution in [1.82, 2.24) is 9.88 Å². The van der Waals surface area contributed by atoms with E-state index in [1.807, 2.05) is 13.8 Å². The third-order valence-electron chi connectivity index (χ3n) is 8.72. The fraction of sp³-hybridized carbons (Fsp3) is 0.704. The van der Waals surface area contributed by atoms with Crippen LogP contribution in [0.1, 0.15) is 56.5 Å². The van der Waals surface area contributed by atoms with Crippen LogP contribution < -0.4 is 4.90 Å². The summed E-state index contributed by atoms with van der Waals surface area (Å²) in [6.45, 7) is 9.82. The van der Waals surface area contributed by atoms with Gasteiger partial charge in [0.15, 0.2) is 0 Å². The van der Waals surface area contributed by atoms with Crippen molar-refractivity contribution in [3.63, 3.8) is 0 Å². The highest BCUT2D eigenvalue weighted by Gasteiger charge is 2.59. The molecule has 2 aliphatic carbocycles. The Morgan fingerprint density at radius 1 is 1.19 bits per heavy atom. The number of aromatic nitrogens is 1. The maximum atomic E-state index is 13.1. The van der Waals surface area contributed by atoms with Gasteiger partial charge in [0.2, 0.25) is 11.8 Å². The molecule has 2 N–H and O–H groups in total. The molecule has 2 saturated carbocycles. The van der Waals surface area contributed by atoms with Gasteiger partial charge in [0.05, 0.1) is 47.7 Å². The fourth-order valence-corrected chi connectivity index (χ4v) is 6.80. The molecule has 9 heteroatoms. The number of rotatable bonds is 5. The van der Waals surface area contributed by atoms with E-state index in [0.29, 0.717) is 31.6 Å². The molecule has 196 valence electrons. The van der Waals surface area contributed by atoms with Gasteiger partial charge in [0.1, 0.15) is 6.10 Å². The molecule has 7 atom stereocenters. The summed E-state index contributed by atoms with van der Waals surface area (Å²) in [5.74, 6) is -2.11. The number of amides is 2. The average Bonchev–Trinajstić information content (AvgIpc) is 3.10. The number of carbonyl (C=O) groups excluding carboxylic acids is 2. The van der Waals surface area contributed by atoms with Crippen molar-refractivity contribution in [3.8, 4) is 0 Å². The number of nitrogens with zero attached hydrogens (tertiary/aromatic N) is 4. The van der Waals surface area contributed by atoms with Crippen molar-refractivity contribution in [3.05, 3.63) is 23.0 Å². The number of likely N-dealkylation sites (tertiary alicyclic amines) is 1. The normalized spacial score (nSPS) is 33.9. The number of aliphatic hydroxyl groups excluding tert-OH is 2. The fourth-order valence-electron chi connectivity index (χ4n) is 6.80. The van der Waals surface area contributed by atoms with Gasteiger partial charge in [-0.05, 0) is 65.0 Å². The highest BCUT2D eigenvalue weighted by atomic mass is 16.6. The Morgan fingerprint density at radius 3 is 2.69 bits per heavy atom. The molecule has 4 aliphatic rings. The summed E-state index contributed by atoms with van der Waals surface area (Å²) in [5.41, 5.74) is 5.21. The van der Waals surface area contributed by atoms with Crippen LogP contribution in [0.15, 0.2) is 11.2 Å². The molecular formula is C27H38N4O5. The number of anilines is 1. The molecule has 0 spiro atoms. The lowest BCUT2D eigenvalue weighted by molar-refractivity contribution is -0.141. The second-order valence-electron chi connectivity index (χ2n) is 11.0. The minimum atomic E-state index is -1.06. The number of aliphatic hydroxyl groups is 2. The van der Waals surface area contributed by atoms with E-state index in [4.69, 9.17) is 9.82 Å². The Kier molecular flexibility index (Phi) is 6.80. The van der Waals surface area contributed by atoms with Crippen LogP contribution >= 0.6 is 0 Å². The molecule has 9 nitrogen and oxygen atoms in total. The second-order valence-corrected chi connectivity index (χ2v) is 11.0. The van der Waals surface area contributed by atoms with Gasteiger partial charge in [0, 0.05) is 37.0 Å². The third-order valence-corrected chi connectivity index (χ3v) is 8.72. The maximum absolute atomic E-state index is 13.1. The minimum Gasteiger partial charge on any atom is -0.391 e. The van der Waals surface area contributed by atoms with Crippen LogP contribution in [0, 0.1) is 37.5 Å². The third kappa shape index (κ3) is 4.20. The van der Waals surface area contributed by atoms with Crippen molar-refractivity contribution in [2.24, 2.45) is 28.8 Å². The summed E-state index contributed by atoms with van der Waals surface area (Å²) in [4.78, 5) is 40.2. The molecule has 0 bridgehead atoms. The average molecular weight is 499 g/mol. The first-order valence-corrected chi connectivity index (χ1v) is 13.4. The minimum absolute atomic E-state index is 0.150. The van der Waals surface area contributed by atoms with E-state index in [1.165, 1.54) is 10.5 Å². The molecule has 3 heterocycles. The first-order valence-electron chi connectivity index (χ1n) is 13.4. The van der Waals surface area contributed by atoms with Crippen LogP contribution in [0.2, 0.25) is 0 Å². The van der Waals surface area contributed by atoms with Gasteiger partial charge in [0.25, 0.3) is 0 Å². The molecule has 3 fully saturated rings. The smallest absolute Gasteiger partial charge is 0.233 e. The highest BCUT2D eigenvalue weighted by Crippen LogP contribution is 2.49. The summed E-state index contributed by atoms with van der Waals surface area (Å²) < 4.78 is 0. The SMILES string of the molecule is CCN1C(=O)[C@H]2[C@H]3[C@H](O)[C@H](O)CC(=NOC(C)CN4CCCc5nc(C)c(C)cc54)[C@@H]3CC[C@H]2C1=O. The number of imide groups is 1. The molecule has 1 unspecified atom stereocenters. The summed E-state index contributed by atoms with van der Waals surface area (Å²) >= 11 is 0. The predicted molar refractivity (Wildman–Crippen MR) is 134 cm³/mol. The topological polar surface area (TPSA) is 116 Å². The predicted octanol–water partition coefficient (Wildman–Crippen LogP) is 1.98. The van der Waals surface area contributed by atoms with Gasteiger partial charge in [-0.15, -0.1) is 0 Å². The van der Waals surface area contributed by atoms with Gasteiger partial charge < -0.3 is 20.0 Å². The summed E-state index contributed by atoms with van der Waals surface area (Å²) in [5, 5.41) is 26.0. The van der Waals surface area contributed by atoms with E-state index in [2.05, 4.69) is 23.0 Å². The summed E-state index contributed by atoms with van der Waals surface area (Å²) in [6.07, 6.45) is 1.17. The first-order chi connectivity index (χ1) is 17.2. The molecule has 2 amide bonds. The molecule has 1 aromatic heterocycles.